The van der Waals surface area contributed by atoms with Gasteiger partial charge < -0.3 is 9.47 Å². The van der Waals surface area contributed by atoms with Gasteiger partial charge in [-0.3, -0.25) is 0 Å². The molecule has 212 valence electrons. The molecule has 3 heterocycles. The molecule has 0 aliphatic rings. The van der Waals surface area contributed by atoms with Crippen molar-refractivity contribution in [3.05, 3.63) is 30.0 Å². The van der Waals surface area contributed by atoms with Crippen LogP contribution in [0.1, 0.15) is 90.9 Å². The maximum Gasteiger partial charge on any atom is 0.172 e. The van der Waals surface area contributed by atoms with Crippen molar-refractivity contribution < 1.29 is 9.47 Å². The Morgan fingerprint density at radius 2 is 1.00 bits per heavy atom. The Morgan fingerprint density at radius 3 is 1.38 bits per heavy atom. The molecule has 4 aromatic rings. The van der Waals surface area contributed by atoms with Crippen molar-refractivity contribution in [3.8, 4) is 32.4 Å². The van der Waals surface area contributed by atoms with Gasteiger partial charge in [-0.25, -0.2) is 0 Å². The minimum absolute atomic E-state index is 0.680. The number of thiophene rings is 2. The quantitative estimate of drug-likeness (QED) is 0.0742. The first-order chi connectivity index (χ1) is 19.1. The van der Waals surface area contributed by atoms with Crippen LogP contribution in [0.25, 0.3) is 31.9 Å². The molecule has 0 atom stereocenters. The average molecular weight is 809 g/mol. The molecule has 0 aliphatic heterocycles. The van der Waals surface area contributed by atoms with E-state index in [-0.39, 0.29) is 0 Å². The molecule has 0 fully saturated rings. The lowest BCUT2D eigenvalue weighted by atomic mass is 10.0. The van der Waals surface area contributed by atoms with Gasteiger partial charge in [0.05, 0.1) is 41.8 Å². The van der Waals surface area contributed by atoms with E-state index in [0.29, 0.717) is 13.2 Å². The third-order valence-corrected chi connectivity index (χ3v) is 11.1. The highest BCUT2D eigenvalue weighted by Gasteiger charge is 2.28. The predicted octanol–water partition coefficient (Wildman–Crippen LogP) is 11.8. The Morgan fingerprint density at radius 1 is 0.590 bits per heavy atom. The summed E-state index contributed by atoms with van der Waals surface area (Å²) in [5, 5.41) is 0. The number of fused-ring (bicyclic) bond motifs is 1. The average Bonchev–Trinajstić information content (AvgIpc) is 3.69. The van der Waals surface area contributed by atoms with E-state index in [4.69, 9.17) is 18.2 Å². The summed E-state index contributed by atoms with van der Waals surface area (Å²) >= 11 is 9.60. The standard InChI is InChI=1S/C30H38I2N2O2S3/c1-3-5-7-9-11-13-19-35-29-25(21-15-17-23(31)37-21)27-28(34-39-33-27)26(22-16-18-24(32)38-22)30(29)36-20-14-12-10-8-6-4-2/h15-18H,3-14,19-20H2,1-2H3. The maximum atomic E-state index is 6.71. The fourth-order valence-electron chi connectivity index (χ4n) is 4.70. The van der Waals surface area contributed by atoms with Gasteiger partial charge in [0.1, 0.15) is 11.0 Å². The van der Waals surface area contributed by atoms with E-state index in [2.05, 4.69) is 83.3 Å². The van der Waals surface area contributed by atoms with Gasteiger partial charge in [-0.05, 0) is 82.3 Å². The first-order valence-electron chi connectivity index (χ1n) is 14.2. The van der Waals surface area contributed by atoms with E-state index in [1.165, 1.54) is 81.7 Å². The number of hydrogen-bond donors (Lipinski definition) is 0. The minimum Gasteiger partial charge on any atom is -0.489 e. The molecule has 0 unspecified atom stereocenters. The molecule has 0 amide bonds. The number of halogens is 2. The number of rotatable bonds is 18. The van der Waals surface area contributed by atoms with E-state index in [0.717, 1.165) is 56.3 Å². The Labute approximate surface area is 272 Å². The van der Waals surface area contributed by atoms with Crippen LogP contribution in [0.15, 0.2) is 24.3 Å². The molecule has 0 saturated carbocycles. The zero-order valence-corrected chi connectivity index (χ0v) is 29.7. The zero-order chi connectivity index (χ0) is 27.5. The van der Waals surface area contributed by atoms with E-state index in [1.807, 2.05) is 0 Å². The molecule has 0 bridgehead atoms. The van der Waals surface area contributed by atoms with Crippen LogP contribution >= 0.6 is 79.6 Å². The molecular weight excluding hydrogens is 770 g/mol. The number of benzene rings is 1. The molecule has 0 aliphatic carbocycles. The molecule has 4 nitrogen and oxygen atoms in total. The third kappa shape index (κ3) is 8.75. The molecule has 3 aromatic heterocycles. The molecule has 1 aromatic carbocycles. The number of aromatic nitrogens is 2. The first kappa shape index (κ1) is 31.4. The monoisotopic (exact) mass is 808 g/mol. The number of hydrogen-bond acceptors (Lipinski definition) is 7. The summed E-state index contributed by atoms with van der Waals surface area (Å²) in [6.07, 6.45) is 14.8. The van der Waals surface area contributed by atoms with Crippen molar-refractivity contribution in [1.29, 1.82) is 0 Å². The topological polar surface area (TPSA) is 44.2 Å². The zero-order valence-electron chi connectivity index (χ0n) is 22.9. The van der Waals surface area contributed by atoms with Gasteiger partial charge in [-0.1, -0.05) is 78.1 Å². The lowest BCUT2D eigenvalue weighted by Gasteiger charge is -2.20. The van der Waals surface area contributed by atoms with Gasteiger partial charge >= 0.3 is 0 Å². The second-order valence-corrected chi connectivity index (χ2v) is 16.3. The highest BCUT2D eigenvalue weighted by Crippen LogP contribution is 2.52. The van der Waals surface area contributed by atoms with E-state index in [9.17, 15) is 0 Å². The van der Waals surface area contributed by atoms with Crippen molar-refractivity contribution in [2.75, 3.05) is 13.2 Å². The maximum absolute atomic E-state index is 6.71. The van der Waals surface area contributed by atoms with Crippen LogP contribution < -0.4 is 9.47 Å². The molecular formula is C30H38I2N2O2S3. The van der Waals surface area contributed by atoms with Gasteiger partial charge in [-0.2, -0.15) is 8.75 Å². The van der Waals surface area contributed by atoms with E-state index in [1.54, 1.807) is 22.7 Å². The lowest BCUT2D eigenvalue weighted by molar-refractivity contribution is 0.260. The predicted molar refractivity (Wildman–Crippen MR) is 187 cm³/mol. The Bertz CT molecular complexity index is 1200. The van der Waals surface area contributed by atoms with Crippen LogP contribution in [0.4, 0.5) is 0 Å². The summed E-state index contributed by atoms with van der Waals surface area (Å²) in [5.74, 6) is 1.68. The second kappa shape index (κ2) is 16.8. The van der Waals surface area contributed by atoms with Crippen LogP contribution in [0.5, 0.6) is 11.5 Å². The van der Waals surface area contributed by atoms with Crippen LogP contribution in [0.2, 0.25) is 0 Å². The van der Waals surface area contributed by atoms with Crippen LogP contribution in [0.3, 0.4) is 0 Å². The molecule has 0 spiro atoms. The van der Waals surface area contributed by atoms with Crippen molar-refractivity contribution in [3.63, 3.8) is 0 Å². The lowest BCUT2D eigenvalue weighted by Crippen LogP contribution is -2.06. The number of unbranched alkanes of at least 4 members (excludes halogenated alkanes) is 10. The normalized spacial score (nSPS) is 11.5. The molecule has 4 rings (SSSR count). The van der Waals surface area contributed by atoms with Gasteiger partial charge in [0.15, 0.2) is 11.5 Å². The van der Waals surface area contributed by atoms with Crippen LogP contribution in [-0.2, 0) is 0 Å². The third-order valence-electron chi connectivity index (χ3n) is 6.75. The van der Waals surface area contributed by atoms with Crippen molar-refractivity contribution in [1.82, 2.24) is 8.75 Å². The van der Waals surface area contributed by atoms with E-state index >= 15 is 0 Å². The molecule has 39 heavy (non-hydrogen) atoms. The molecule has 9 heteroatoms. The van der Waals surface area contributed by atoms with E-state index < -0.39 is 0 Å². The van der Waals surface area contributed by atoms with Crippen molar-refractivity contribution in [2.24, 2.45) is 0 Å². The smallest absolute Gasteiger partial charge is 0.172 e. The highest BCUT2D eigenvalue weighted by molar-refractivity contribution is 14.1. The Balaban J connectivity index is 1.70. The summed E-state index contributed by atoms with van der Waals surface area (Å²) in [4.78, 5) is 2.32. The number of nitrogens with zero attached hydrogens (tertiary/aromatic N) is 2. The second-order valence-electron chi connectivity index (χ2n) is 9.81. The Kier molecular flexibility index (Phi) is 13.6. The highest BCUT2D eigenvalue weighted by atomic mass is 127. The van der Waals surface area contributed by atoms with Gasteiger partial charge in [0.25, 0.3) is 0 Å². The van der Waals surface area contributed by atoms with Gasteiger partial charge in [0, 0.05) is 9.75 Å². The summed E-state index contributed by atoms with van der Waals surface area (Å²) in [7, 11) is 0. The number of ether oxygens (including phenoxy) is 2. The van der Waals surface area contributed by atoms with Gasteiger partial charge in [0.2, 0.25) is 0 Å². The van der Waals surface area contributed by atoms with Crippen molar-refractivity contribution >= 4 is 90.6 Å². The summed E-state index contributed by atoms with van der Waals surface area (Å²) < 4.78 is 25.5. The minimum atomic E-state index is 0.680. The molecule has 0 saturated heterocycles. The van der Waals surface area contributed by atoms with Crippen LogP contribution in [-0.4, -0.2) is 22.0 Å². The fraction of sp³-hybridized carbons (Fsp3) is 0.533. The van der Waals surface area contributed by atoms with Gasteiger partial charge in [-0.15, -0.1) is 22.7 Å². The largest absolute Gasteiger partial charge is 0.489 e. The summed E-state index contributed by atoms with van der Waals surface area (Å²) in [6.45, 7) is 5.89. The van der Waals surface area contributed by atoms with Crippen LogP contribution in [0, 0.1) is 5.77 Å². The van der Waals surface area contributed by atoms with Crippen molar-refractivity contribution in [2.45, 2.75) is 90.9 Å². The Hall–Kier alpha value is -0.500. The summed E-state index contributed by atoms with van der Waals surface area (Å²) in [5.41, 5.74) is 3.90. The summed E-state index contributed by atoms with van der Waals surface area (Å²) in [6, 6.07) is 8.69. The SMILES string of the molecule is CCCCCCCCOc1c(OCCCCCCCC)c(-c2ccc(I)s2)c2nsnc2c1-c1ccc(I)s1. The fourth-order valence-corrected chi connectivity index (χ4v) is 8.59. The first-order valence-corrected chi connectivity index (χ1v) is 18.7. The molecule has 0 N–H and O–H groups in total. The molecule has 0 radical (unpaired) electrons.